The van der Waals surface area contributed by atoms with E-state index in [0.29, 0.717) is 30.3 Å². The van der Waals surface area contributed by atoms with Gasteiger partial charge in [-0.3, -0.25) is 4.90 Å². The molecule has 0 aromatic carbocycles. The van der Waals surface area contributed by atoms with Crippen LogP contribution in [0.5, 0.6) is 0 Å². The summed E-state index contributed by atoms with van der Waals surface area (Å²) in [5.74, 6) is 0.168. The second-order valence-corrected chi connectivity index (χ2v) is 6.90. The van der Waals surface area contributed by atoms with Crippen molar-refractivity contribution >= 4 is 11.0 Å². The predicted octanol–water partition coefficient (Wildman–Crippen LogP) is 3.39. The minimum atomic E-state index is -4.37. The van der Waals surface area contributed by atoms with E-state index in [2.05, 4.69) is 28.3 Å². The van der Waals surface area contributed by atoms with Crippen molar-refractivity contribution in [3.8, 4) is 0 Å². The summed E-state index contributed by atoms with van der Waals surface area (Å²) in [6.07, 6.45) is -3.42. The van der Waals surface area contributed by atoms with Crippen LogP contribution in [0.15, 0.2) is 12.3 Å². The highest BCUT2D eigenvalue weighted by Gasteiger charge is 2.36. The van der Waals surface area contributed by atoms with Crippen molar-refractivity contribution in [3.05, 3.63) is 29.1 Å². The van der Waals surface area contributed by atoms with Crippen molar-refractivity contribution in [2.24, 2.45) is 0 Å². The van der Waals surface area contributed by atoms with E-state index in [1.54, 1.807) is 0 Å². The van der Waals surface area contributed by atoms with Gasteiger partial charge in [-0.25, -0.2) is 4.98 Å². The van der Waals surface area contributed by atoms with Gasteiger partial charge in [0.05, 0.1) is 18.8 Å². The highest BCUT2D eigenvalue weighted by atomic mass is 19.4. The zero-order valence-electron chi connectivity index (χ0n) is 13.7. The Labute approximate surface area is 138 Å². The van der Waals surface area contributed by atoms with E-state index in [0.717, 1.165) is 37.1 Å². The summed E-state index contributed by atoms with van der Waals surface area (Å²) in [6, 6.07) is 1.67. The van der Waals surface area contributed by atoms with E-state index in [-0.39, 0.29) is 5.92 Å². The van der Waals surface area contributed by atoms with Gasteiger partial charge in [0.2, 0.25) is 0 Å². The van der Waals surface area contributed by atoms with Crippen molar-refractivity contribution in [1.82, 2.24) is 14.5 Å². The van der Waals surface area contributed by atoms with E-state index in [9.17, 15) is 13.2 Å². The van der Waals surface area contributed by atoms with Crippen LogP contribution in [0.25, 0.3) is 11.0 Å². The zero-order valence-corrected chi connectivity index (χ0v) is 13.7. The summed E-state index contributed by atoms with van der Waals surface area (Å²) in [5, 5.41) is 0.638. The highest BCUT2D eigenvalue weighted by Crippen LogP contribution is 2.39. The van der Waals surface area contributed by atoms with Crippen molar-refractivity contribution in [2.75, 3.05) is 19.8 Å². The quantitative estimate of drug-likeness (QED) is 0.840. The van der Waals surface area contributed by atoms with Crippen molar-refractivity contribution in [3.63, 3.8) is 0 Å². The number of fused-ring (bicyclic) bond motifs is 3. The van der Waals surface area contributed by atoms with Crippen molar-refractivity contribution < 1.29 is 17.9 Å². The maximum atomic E-state index is 13.1. The van der Waals surface area contributed by atoms with Gasteiger partial charge in [0.25, 0.3) is 0 Å². The molecule has 4 rings (SSSR count). The summed E-state index contributed by atoms with van der Waals surface area (Å²) in [5.41, 5.74) is 2.09. The Hall–Kier alpha value is -1.60. The number of alkyl halides is 3. The molecule has 7 heteroatoms. The molecule has 24 heavy (non-hydrogen) atoms. The zero-order chi connectivity index (χ0) is 17.1. The maximum absolute atomic E-state index is 13.1. The number of halogens is 3. The van der Waals surface area contributed by atoms with E-state index < -0.39 is 11.7 Å². The second kappa shape index (κ2) is 5.46. The smallest absolute Gasteiger partial charge is 0.380 e. The molecule has 0 saturated carbocycles. The molecule has 2 aromatic rings. The Balaban J connectivity index is 1.90. The standard InChI is InChI=1S/C17H20F3N3O/c1-10(2)22-3-4-23-14(7-22)15(11-8-24-9-11)13-5-12(17(18,19)20)6-21-16(13)23/h5-6,10-11H,3-4,7-9H2,1-2H3. The molecular weight excluding hydrogens is 319 g/mol. The molecule has 0 aliphatic carbocycles. The third kappa shape index (κ3) is 2.41. The fourth-order valence-corrected chi connectivity index (χ4v) is 3.66. The van der Waals surface area contributed by atoms with Gasteiger partial charge in [-0.15, -0.1) is 0 Å². The van der Waals surface area contributed by atoms with Crippen LogP contribution in [0.4, 0.5) is 13.2 Å². The predicted molar refractivity (Wildman–Crippen MR) is 83.8 cm³/mol. The van der Waals surface area contributed by atoms with E-state index in [1.165, 1.54) is 6.07 Å². The Kier molecular flexibility index (Phi) is 3.61. The highest BCUT2D eigenvalue weighted by molar-refractivity contribution is 5.84. The van der Waals surface area contributed by atoms with Crippen LogP contribution in [0.1, 0.15) is 36.6 Å². The Bertz CT molecular complexity index is 777. The molecule has 1 fully saturated rings. The van der Waals surface area contributed by atoms with E-state index >= 15 is 0 Å². The Morgan fingerprint density at radius 1 is 1.25 bits per heavy atom. The first-order chi connectivity index (χ1) is 11.4. The van der Waals surface area contributed by atoms with Gasteiger partial charge in [0, 0.05) is 48.9 Å². The molecule has 0 N–H and O–H groups in total. The molecule has 1 saturated heterocycles. The Morgan fingerprint density at radius 3 is 2.58 bits per heavy atom. The first-order valence-corrected chi connectivity index (χ1v) is 8.26. The van der Waals surface area contributed by atoms with Gasteiger partial charge >= 0.3 is 6.18 Å². The van der Waals surface area contributed by atoms with Gasteiger partial charge < -0.3 is 9.30 Å². The number of aromatic nitrogens is 2. The van der Waals surface area contributed by atoms with E-state index in [4.69, 9.17) is 4.74 Å². The van der Waals surface area contributed by atoms with Crippen LogP contribution in [0, 0.1) is 0 Å². The van der Waals surface area contributed by atoms with Crippen LogP contribution in [-0.4, -0.2) is 40.3 Å². The molecule has 0 radical (unpaired) electrons. The number of nitrogens with zero attached hydrogens (tertiary/aromatic N) is 3. The summed E-state index contributed by atoms with van der Waals surface area (Å²) in [7, 11) is 0. The third-order valence-corrected chi connectivity index (χ3v) is 5.12. The van der Waals surface area contributed by atoms with Crippen LogP contribution in [0.2, 0.25) is 0 Å². The second-order valence-electron chi connectivity index (χ2n) is 6.90. The molecule has 130 valence electrons. The van der Waals surface area contributed by atoms with Crippen LogP contribution in [0.3, 0.4) is 0 Å². The number of ether oxygens (including phenoxy) is 1. The SMILES string of the molecule is CC(C)N1CCn2c(c(C3COC3)c3cc(C(F)(F)F)cnc32)C1. The fraction of sp³-hybridized carbons (Fsp3) is 0.588. The first-order valence-electron chi connectivity index (χ1n) is 8.26. The summed E-state index contributed by atoms with van der Waals surface area (Å²) in [4.78, 5) is 6.52. The molecule has 0 spiro atoms. The molecule has 4 heterocycles. The minimum absolute atomic E-state index is 0.168. The molecule has 0 unspecified atom stereocenters. The van der Waals surface area contributed by atoms with Crippen molar-refractivity contribution in [1.29, 1.82) is 0 Å². The van der Waals surface area contributed by atoms with Gasteiger partial charge in [-0.1, -0.05) is 0 Å². The first kappa shape index (κ1) is 15.9. The topological polar surface area (TPSA) is 30.3 Å². The number of pyridine rings is 1. The maximum Gasteiger partial charge on any atom is 0.417 e. The average Bonchev–Trinajstić information content (AvgIpc) is 2.78. The normalized spacial score (nSPS) is 19.8. The van der Waals surface area contributed by atoms with Crippen LogP contribution >= 0.6 is 0 Å². The Morgan fingerprint density at radius 2 is 2.00 bits per heavy atom. The van der Waals surface area contributed by atoms with Crippen LogP contribution in [-0.2, 0) is 24.0 Å². The number of rotatable bonds is 2. The van der Waals surface area contributed by atoms with Crippen LogP contribution < -0.4 is 0 Å². The number of hydrogen-bond acceptors (Lipinski definition) is 3. The lowest BCUT2D eigenvalue weighted by atomic mass is 9.93. The minimum Gasteiger partial charge on any atom is -0.380 e. The lowest BCUT2D eigenvalue weighted by molar-refractivity contribution is -0.137. The van der Waals surface area contributed by atoms with Gasteiger partial charge in [0.1, 0.15) is 5.65 Å². The lowest BCUT2D eigenvalue weighted by Gasteiger charge is -2.34. The lowest BCUT2D eigenvalue weighted by Crippen LogP contribution is -2.39. The monoisotopic (exact) mass is 339 g/mol. The number of hydrogen-bond donors (Lipinski definition) is 0. The molecule has 2 aromatic heterocycles. The fourth-order valence-electron chi connectivity index (χ4n) is 3.66. The van der Waals surface area contributed by atoms with Crippen molar-refractivity contribution in [2.45, 2.75) is 45.1 Å². The molecule has 0 bridgehead atoms. The molecule has 4 nitrogen and oxygen atoms in total. The van der Waals surface area contributed by atoms with Gasteiger partial charge in [-0.05, 0) is 25.5 Å². The van der Waals surface area contributed by atoms with E-state index in [1.807, 2.05) is 0 Å². The molecule has 0 atom stereocenters. The average molecular weight is 339 g/mol. The summed E-state index contributed by atoms with van der Waals surface area (Å²) < 4.78 is 46.8. The molecule has 2 aliphatic rings. The summed E-state index contributed by atoms with van der Waals surface area (Å²) >= 11 is 0. The van der Waals surface area contributed by atoms with Gasteiger partial charge in [-0.2, -0.15) is 13.2 Å². The molecule has 2 aliphatic heterocycles. The molecular formula is C17H20F3N3O. The summed E-state index contributed by atoms with van der Waals surface area (Å²) in [6.45, 7) is 7.83. The third-order valence-electron chi connectivity index (χ3n) is 5.12. The van der Waals surface area contributed by atoms with Gasteiger partial charge in [0.15, 0.2) is 0 Å². The molecule has 0 amide bonds. The largest absolute Gasteiger partial charge is 0.417 e.